The van der Waals surface area contributed by atoms with Crippen LogP contribution < -0.4 is 5.32 Å². The van der Waals surface area contributed by atoms with Gasteiger partial charge in [-0.05, 0) is 36.4 Å². The Labute approximate surface area is 171 Å². The van der Waals surface area contributed by atoms with Gasteiger partial charge in [-0.3, -0.25) is 9.59 Å². The Hall–Kier alpha value is -2.58. The van der Waals surface area contributed by atoms with Gasteiger partial charge in [0.25, 0.3) is 5.91 Å². The van der Waals surface area contributed by atoms with E-state index in [1.807, 2.05) is 52.7 Å². The Balaban J connectivity index is 1.31. The summed E-state index contributed by atoms with van der Waals surface area (Å²) in [6.07, 6.45) is 2.18. The molecule has 1 N–H and O–H groups in total. The van der Waals surface area contributed by atoms with Crippen LogP contribution in [-0.4, -0.2) is 40.0 Å². The van der Waals surface area contributed by atoms with Crippen molar-refractivity contribution in [3.05, 3.63) is 62.7 Å². The third-order valence-electron chi connectivity index (χ3n) is 4.77. The summed E-state index contributed by atoms with van der Waals surface area (Å²) in [7, 11) is 0. The van der Waals surface area contributed by atoms with Gasteiger partial charge in [-0.25, -0.2) is 0 Å². The highest BCUT2D eigenvalue weighted by molar-refractivity contribution is 7.13. The van der Waals surface area contributed by atoms with Crippen LogP contribution in [-0.2, 0) is 11.2 Å². The predicted molar refractivity (Wildman–Crippen MR) is 111 cm³/mol. The number of rotatable bonds is 5. The Kier molecular flexibility index (Phi) is 5.78. The van der Waals surface area contributed by atoms with Crippen molar-refractivity contribution in [3.8, 4) is 0 Å². The number of nitrogens with one attached hydrogen (secondary N) is 1. The van der Waals surface area contributed by atoms with E-state index < -0.39 is 0 Å². The molecule has 4 rings (SSSR count). The normalized spacial score (nSPS) is 14.8. The average molecular weight is 413 g/mol. The fourth-order valence-electron chi connectivity index (χ4n) is 3.25. The molecule has 3 heterocycles. The van der Waals surface area contributed by atoms with Crippen LogP contribution in [0.1, 0.15) is 38.4 Å². The van der Waals surface area contributed by atoms with Crippen LogP contribution in [0, 0.1) is 0 Å². The lowest BCUT2D eigenvalue weighted by Gasteiger charge is -2.30. The fraction of sp³-hybridized carbons (Fsp3) is 0.300. The number of amides is 2. The van der Waals surface area contributed by atoms with E-state index >= 15 is 0 Å². The Morgan fingerprint density at radius 2 is 1.86 bits per heavy atom. The Morgan fingerprint density at radius 1 is 1.07 bits per heavy atom. The molecule has 1 aliphatic rings. The summed E-state index contributed by atoms with van der Waals surface area (Å²) in [6, 6.07) is 13.3. The van der Waals surface area contributed by atoms with Gasteiger partial charge in [-0.1, -0.05) is 35.6 Å². The maximum Gasteiger partial charge on any atom is 0.286 e. The van der Waals surface area contributed by atoms with Crippen LogP contribution in [0.5, 0.6) is 0 Å². The first-order chi connectivity index (χ1) is 13.7. The molecule has 3 aromatic rings. The number of anilines is 1. The van der Waals surface area contributed by atoms with E-state index in [4.69, 9.17) is 0 Å². The first-order valence-corrected chi connectivity index (χ1v) is 10.9. The molecule has 144 valence electrons. The van der Waals surface area contributed by atoms with Gasteiger partial charge in [-0.15, -0.1) is 21.5 Å². The predicted octanol–water partition coefficient (Wildman–Crippen LogP) is 3.80. The van der Waals surface area contributed by atoms with Gasteiger partial charge in [0.2, 0.25) is 10.9 Å². The zero-order valence-corrected chi connectivity index (χ0v) is 16.8. The minimum Gasteiger partial charge on any atom is -0.342 e. The van der Waals surface area contributed by atoms with Crippen LogP contribution in [0.3, 0.4) is 0 Å². The van der Waals surface area contributed by atoms with Crippen molar-refractivity contribution in [2.45, 2.75) is 25.2 Å². The smallest absolute Gasteiger partial charge is 0.286 e. The molecule has 0 unspecified atom stereocenters. The summed E-state index contributed by atoms with van der Waals surface area (Å²) < 4.78 is 0. The van der Waals surface area contributed by atoms with E-state index in [0.29, 0.717) is 11.4 Å². The van der Waals surface area contributed by atoms with Crippen molar-refractivity contribution in [1.82, 2.24) is 15.1 Å². The molecule has 2 aromatic heterocycles. The number of hydrogen-bond donors (Lipinski definition) is 1. The topological polar surface area (TPSA) is 75.2 Å². The molecular weight excluding hydrogens is 392 g/mol. The number of hydrogen-bond acceptors (Lipinski definition) is 6. The van der Waals surface area contributed by atoms with Crippen LogP contribution >= 0.6 is 22.7 Å². The molecule has 1 aromatic carbocycles. The minimum absolute atomic E-state index is 0.182. The van der Waals surface area contributed by atoms with Gasteiger partial charge >= 0.3 is 0 Å². The van der Waals surface area contributed by atoms with E-state index in [-0.39, 0.29) is 17.7 Å². The van der Waals surface area contributed by atoms with E-state index in [1.54, 1.807) is 11.3 Å². The van der Waals surface area contributed by atoms with Crippen molar-refractivity contribution in [2.75, 3.05) is 18.4 Å². The zero-order valence-electron chi connectivity index (χ0n) is 15.2. The molecule has 0 radical (unpaired) electrons. The van der Waals surface area contributed by atoms with Crippen LogP contribution in [0.4, 0.5) is 5.69 Å². The van der Waals surface area contributed by atoms with Crippen LogP contribution in [0.25, 0.3) is 0 Å². The Morgan fingerprint density at radius 3 is 2.57 bits per heavy atom. The molecule has 1 aliphatic heterocycles. The maximum absolute atomic E-state index is 12.4. The number of piperidine rings is 1. The fourth-order valence-corrected chi connectivity index (χ4v) is 4.85. The first kappa shape index (κ1) is 18.8. The highest BCUT2D eigenvalue weighted by atomic mass is 32.1. The number of carbonyl (C=O) groups excluding carboxylic acids is 2. The third-order valence-corrected chi connectivity index (χ3v) is 6.73. The second kappa shape index (κ2) is 8.62. The molecule has 1 saturated heterocycles. The van der Waals surface area contributed by atoms with E-state index in [2.05, 4.69) is 15.5 Å². The molecule has 0 saturated carbocycles. The van der Waals surface area contributed by atoms with E-state index in [9.17, 15) is 9.59 Å². The van der Waals surface area contributed by atoms with Crippen LogP contribution in [0.2, 0.25) is 0 Å². The van der Waals surface area contributed by atoms with Gasteiger partial charge in [0.1, 0.15) is 5.01 Å². The van der Waals surface area contributed by atoms with Gasteiger partial charge in [-0.2, -0.15) is 0 Å². The number of nitrogens with zero attached hydrogens (tertiary/aromatic N) is 3. The first-order valence-electron chi connectivity index (χ1n) is 9.19. The maximum atomic E-state index is 12.4. The standard InChI is InChI=1S/C20H20N4O2S2/c25-17(13-16-7-4-12-27-16)24-10-8-14(9-11-24)19-22-23-20(28-19)18(26)21-15-5-2-1-3-6-15/h1-7,12,14H,8-11,13H2,(H,21,26). The van der Waals surface area contributed by atoms with Crippen molar-refractivity contribution in [3.63, 3.8) is 0 Å². The molecule has 28 heavy (non-hydrogen) atoms. The summed E-state index contributed by atoms with van der Waals surface area (Å²) >= 11 is 2.96. The van der Waals surface area contributed by atoms with Gasteiger partial charge < -0.3 is 10.2 Å². The molecule has 1 fully saturated rings. The van der Waals surface area contributed by atoms with Crippen molar-refractivity contribution in [2.24, 2.45) is 0 Å². The van der Waals surface area contributed by atoms with E-state index in [1.165, 1.54) is 11.3 Å². The molecule has 0 aliphatic carbocycles. The number of thiophene rings is 1. The summed E-state index contributed by atoms with van der Waals surface area (Å²) in [5.41, 5.74) is 0.738. The monoisotopic (exact) mass is 412 g/mol. The second-order valence-electron chi connectivity index (χ2n) is 6.68. The van der Waals surface area contributed by atoms with Crippen molar-refractivity contribution in [1.29, 1.82) is 0 Å². The largest absolute Gasteiger partial charge is 0.342 e. The SMILES string of the molecule is O=C(Nc1ccccc1)c1nnc(C2CCN(C(=O)Cc3cccs3)CC2)s1. The molecule has 0 bridgehead atoms. The highest BCUT2D eigenvalue weighted by Crippen LogP contribution is 2.30. The molecule has 8 heteroatoms. The van der Waals surface area contributed by atoms with Crippen molar-refractivity contribution >= 4 is 40.2 Å². The van der Waals surface area contributed by atoms with Gasteiger partial charge in [0.05, 0.1) is 6.42 Å². The molecule has 2 amide bonds. The number of likely N-dealkylation sites (tertiary alicyclic amines) is 1. The summed E-state index contributed by atoms with van der Waals surface area (Å²) in [5.74, 6) is 0.196. The lowest BCUT2D eigenvalue weighted by molar-refractivity contribution is -0.131. The second-order valence-corrected chi connectivity index (χ2v) is 8.72. The minimum atomic E-state index is -0.237. The highest BCUT2D eigenvalue weighted by Gasteiger charge is 2.27. The number of para-hydroxylation sites is 1. The molecular formula is C20H20N4O2S2. The molecule has 0 spiro atoms. The molecule has 6 nitrogen and oxygen atoms in total. The number of aromatic nitrogens is 2. The molecule has 0 atom stereocenters. The number of benzene rings is 1. The summed E-state index contributed by atoms with van der Waals surface area (Å²) in [4.78, 5) is 27.8. The zero-order chi connectivity index (χ0) is 19.3. The average Bonchev–Trinajstić information content (AvgIpc) is 3.41. The lowest BCUT2D eigenvalue weighted by atomic mass is 9.97. The quantitative estimate of drug-likeness (QED) is 0.692. The third kappa shape index (κ3) is 4.45. The van der Waals surface area contributed by atoms with Gasteiger partial charge in [0.15, 0.2) is 0 Å². The van der Waals surface area contributed by atoms with E-state index in [0.717, 1.165) is 41.5 Å². The van der Waals surface area contributed by atoms with Crippen molar-refractivity contribution < 1.29 is 9.59 Å². The lowest BCUT2D eigenvalue weighted by Crippen LogP contribution is -2.38. The summed E-state index contributed by atoms with van der Waals surface area (Å²) in [6.45, 7) is 1.44. The summed E-state index contributed by atoms with van der Waals surface area (Å²) in [5, 5.41) is 14.4. The number of carbonyl (C=O) groups is 2. The van der Waals surface area contributed by atoms with Gasteiger partial charge in [0, 0.05) is 29.6 Å². The van der Waals surface area contributed by atoms with Crippen LogP contribution in [0.15, 0.2) is 47.8 Å². The Bertz CT molecular complexity index is 932.